The molecule has 0 unspecified atom stereocenters. The first kappa shape index (κ1) is 19.5. The summed E-state index contributed by atoms with van der Waals surface area (Å²) in [6, 6.07) is 6.90. The largest absolute Gasteiger partial charge is 0.375 e. The van der Waals surface area contributed by atoms with Gasteiger partial charge in [-0.05, 0) is 30.7 Å². The number of halogens is 2. The van der Waals surface area contributed by atoms with E-state index in [0.717, 1.165) is 43.1 Å². The Balaban J connectivity index is 1.68. The second-order valence-corrected chi connectivity index (χ2v) is 9.18. The van der Waals surface area contributed by atoms with Gasteiger partial charge in [-0.25, -0.2) is 9.37 Å². The molecule has 1 saturated heterocycles. The molecule has 1 amide bonds. The summed E-state index contributed by atoms with van der Waals surface area (Å²) < 4.78 is 14.7. The molecule has 0 spiro atoms. The number of rotatable bonds is 1. The fourth-order valence-corrected chi connectivity index (χ4v) is 5.40. The minimum Gasteiger partial charge on any atom is -0.375 e. The molecule has 9 heteroatoms. The van der Waals surface area contributed by atoms with E-state index >= 15 is 0 Å². The predicted molar refractivity (Wildman–Crippen MR) is 120 cm³/mol. The smallest absolute Gasteiger partial charge is 0.256 e. The Kier molecular flexibility index (Phi) is 4.80. The standard InChI is InChI=1S/C21H21ClFN5OS/c1-27-6-4-11-10-25-5-7-28(11)20(29)14-8-15(22)13(9-17(14)27)12-2-3-16(23)19-18(12)26-21(24)30-19/h2-3,8-9,11,25H,4-7,10H2,1H3,(H2,24,26)/t11-/m0/s1. The zero-order valence-corrected chi connectivity index (χ0v) is 18.0. The molecule has 3 N–H and O–H groups in total. The van der Waals surface area contributed by atoms with E-state index in [1.54, 1.807) is 12.1 Å². The average molecular weight is 446 g/mol. The third kappa shape index (κ3) is 3.10. The molecule has 2 aromatic carbocycles. The van der Waals surface area contributed by atoms with E-state index in [2.05, 4.69) is 15.2 Å². The van der Waals surface area contributed by atoms with Crippen LogP contribution in [0.3, 0.4) is 0 Å². The van der Waals surface area contributed by atoms with Gasteiger partial charge in [-0.2, -0.15) is 0 Å². The number of fused-ring (bicyclic) bond motifs is 3. The normalized spacial score (nSPS) is 19.4. The summed E-state index contributed by atoms with van der Waals surface area (Å²) in [5.41, 5.74) is 9.15. The maximum absolute atomic E-state index is 14.3. The second-order valence-electron chi connectivity index (χ2n) is 7.74. The predicted octanol–water partition coefficient (Wildman–Crippen LogP) is 3.59. The van der Waals surface area contributed by atoms with Gasteiger partial charge in [0.15, 0.2) is 5.13 Å². The van der Waals surface area contributed by atoms with E-state index in [1.165, 1.54) is 6.07 Å². The molecular weight excluding hydrogens is 425 g/mol. The number of nitrogen functional groups attached to an aromatic ring is 1. The van der Waals surface area contributed by atoms with Crippen LogP contribution in [-0.2, 0) is 0 Å². The number of nitrogens with two attached hydrogens (primary N) is 1. The number of nitrogens with one attached hydrogen (secondary N) is 1. The highest BCUT2D eigenvalue weighted by Crippen LogP contribution is 2.41. The summed E-state index contributed by atoms with van der Waals surface area (Å²) >= 11 is 7.79. The Morgan fingerprint density at radius 3 is 2.93 bits per heavy atom. The van der Waals surface area contributed by atoms with Gasteiger partial charge in [-0.3, -0.25) is 4.79 Å². The van der Waals surface area contributed by atoms with Crippen molar-refractivity contribution in [3.8, 4) is 11.1 Å². The van der Waals surface area contributed by atoms with Crippen LogP contribution in [0.5, 0.6) is 0 Å². The lowest BCUT2D eigenvalue weighted by Crippen LogP contribution is -2.55. The van der Waals surface area contributed by atoms with Crippen molar-refractivity contribution in [3.05, 3.63) is 40.7 Å². The highest BCUT2D eigenvalue weighted by Gasteiger charge is 2.32. The lowest BCUT2D eigenvalue weighted by molar-refractivity contribution is 0.0623. The van der Waals surface area contributed by atoms with Gasteiger partial charge in [0, 0.05) is 61.1 Å². The number of carbonyl (C=O) groups is 1. The number of amides is 1. The highest BCUT2D eigenvalue weighted by molar-refractivity contribution is 7.22. The molecular formula is C21H21ClFN5OS. The van der Waals surface area contributed by atoms with E-state index in [4.69, 9.17) is 17.3 Å². The number of benzene rings is 2. The summed E-state index contributed by atoms with van der Waals surface area (Å²) in [5.74, 6) is -0.360. The van der Waals surface area contributed by atoms with Crippen molar-refractivity contribution in [3.63, 3.8) is 0 Å². The van der Waals surface area contributed by atoms with Crippen LogP contribution in [0.4, 0.5) is 15.2 Å². The molecule has 5 rings (SSSR count). The average Bonchev–Trinajstić information content (AvgIpc) is 3.14. The van der Waals surface area contributed by atoms with E-state index in [-0.39, 0.29) is 17.8 Å². The Morgan fingerprint density at radius 2 is 2.10 bits per heavy atom. The van der Waals surface area contributed by atoms with Gasteiger partial charge in [-0.15, -0.1) is 0 Å². The zero-order chi connectivity index (χ0) is 21.0. The van der Waals surface area contributed by atoms with Crippen LogP contribution in [0.1, 0.15) is 16.8 Å². The molecule has 1 fully saturated rings. The Labute approximate surface area is 182 Å². The van der Waals surface area contributed by atoms with Crippen LogP contribution in [0.2, 0.25) is 5.02 Å². The maximum atomic E-state index is 14.3. The van der Waals surface area contributed by atoms with E-state index in [0.29, 0.717) is 43.6 Å². The molecule has 6 nitrogen and oxygen atoms in total. The number of piperazine rings is 1. The van der Waals surface area contributed by atoms with Crippen LogP contribution < -0.4 is 16.0 Å². The lowest BCUT2D eigenvalue weighted by Gasteiger charge is -2.40. The van der Waals surface area contributed by atoms with Gasteiger partial charge in [0.05, 0.1) is 15.8 Å². The Morgan fingerprint density at radius 1 is 1.27 bits per heavy atom. The summed E-state index contributed by atoms with van der Waals surface area (Å²) in [5, 5.41) is 4.11. The number of hydrogen-bond donors (Lipinski definition) is 2. The topological polar surface area (TPSA) is 74.5 Å². The first-order valence-electron chi connectivity index (χ1n) is 9.85. The van der Waals surface area contributed by atoms with Crippen LogP contribution >= 0.6 is 22.9 Å². The summed E-state index contributed by atoms with van der Waals surface area (Å²) in [7, 11) is 1.98. The van der Waals surface area contributed by atoms with Crippen molar-refractivity contribution in [2.45, 2.75) is 12.5 Å². The fraction of sp³-hybridized carbons (Fsp3) is 0.333. The third-order valence-electron chi connectivity index (χ3n) is 5.94. The number of anilines is 2. The Bertz CT molecular complexity index is 1170. The lowest BCUT2D eigenvalue weighted by atomic mass is 9.97. The highest BCUT2D eigenvalue weighted by atomic mass is 35.5. The minimum absolute atomic E-state index is 0.00124. The van der Waals surface area contributed by atoms with E-state index in [9.17, 15) is 9.18 Å². The van der Waals surface area contributed by atoms with Crippen molar-refractivity contribution < 1.29 is 9.18 Å². The molecule has 156 valence electrons. The van der Waals surface area contributed by atoms with Gasteiger partial charge in [-0.1, -0.05) is 22.9 Å². The van der Waals surface area contributed by atoms with Gasteiger partial charge in [0.2, 0.25) is 0 Å². The molecule has 0 aliphatic carbocycles. The van der Waals surface area contributed by atoms with Crippen molar-refractivity contribution in [1.82, 2.24) is 15.2 Å². The van der Waals surface area contributed by atoms with Crippen LogP contribution in [0.15, 0.2) is 24.3 Å². The fourth-order valence-electron chi connectivity index (χ4n) is 4.37. The first-order valence-corrected chi connectivity index (χ1v) is 11.0. The maximum Gasteiger partial charge on any atom is 0.256 e. The Hall–Kier alpha value is -2.42. The monoisotopic (exact) mass is 445 g/mol. The number of nitrogens with zero attached hydrogens (tertiary/aromatic N) is 3. The summed E-state index contributed by atoms with van der Waals surface area (Å²) in [6.07, 6.45) is 0.885. The quantitative estimate of drug-likeness (QED) is 0.598. The van der Waals surface area contributed by atoms with Crippen molar-refractivity contribution in [2.24, 2.45) is 0 Å². The number of aromatic nitrogens is 1. The van der Waals surface area contributed by atoms with E-state index in [1.807, 2.05) is 18.0 Å². The molecule has 0 bridgehead atoms. The summed E-state index contributed by atoms with van der Waals surface area (Å²) in [4.78, 5) is 21.7. The number of hydrogen-bond acceptors (Lipinski definition) is 6. The summed E-state index contributed by atoms with van der Waals surface area (Å²) in [6.45, 7) is 3.09. The van der Waals surface area contributed by atoms with Gasteiger partial charge >= 0.3 is 0 Å². The number of carbonyl (C=O) groups excluding carboxylic acids is 1. The molecule has 3 heterocycles. The van der Waals surface area contributed by atoms with Gasteiger partial charge < -0.3 is 20.9 Å². The molecule has 1 atom stereocenters. The molecule has 2 aliphatic heterocycles. The van der Waals surface area contributed by atoms with Crippen molar-refractivity contribution in [2.75, 3.05) is 43.9 Å². The van der Waals surface area contributed by atoms with Crippen LogP contribution in [0, 0.1) is 5.82 Å². The van der Waals surface area contributed by atoms with Crippen molar-refractivity contribution in [1.29, 1.82) is 0 Å². The third-order valence-corrected chi connectivity index (χ3v) is 7.14. The van der Waals surface area contributed by atoms with E-state index < -0.39 is 0 Å². The SMILES string of the molecule is CN1CC[C@H]2CNCCN2C(=O)c2cc(Cl)c(-c3ccc(F)c4sc(N)nc34)cc21. The molecule has 30 heavy (non-hydrogen) atoms. The molecule has 0 radical (unpaired) electrons. The molecule has 0 saturated carbocycles. The van der Waals surface area contributed by atoms with Crippen LogP contribution in [0.25, 0.3) is 21.3 Å². The first-order chi connectivity index (χ1) is 14.4. The van der Waals surface area contributed by atoms with Gasteiger partial charge in [0.1, 0.15) is 5.82 Å². The second kappa shape index (κ2) is 7.37. The van der Waals surface area contributed by atoms with Crippen LogP contribution in [-0.4, -0.2) is 55.1 Å². The zero-order valence-electron chi connectivity index (χ0n) is 16.4. The molecule has 1 aromatic heterocycles. The van der Waals surface area contributed by atoms with Crippen molar-refractivity contribution >= 4 is 49.9 Å². The molecule has 2 aliphatic rings. The van der Waals surface area contributed by atoms with Gasteiger partial charge in [0.25, 0.3) is 5.91 Å². The number of thiazole rings is 1. The molecule has 3 aromatic rings. The minimum atomic E-state index is -0.359.